The minimum atomic E-state index is -0.245. The highest BCUT2D eigenvalue weighted by Gasteiger charge is 2.22. The number of rotatable bonds is 6. The van der Waals surface area contributed by atoms with Crippen LogP contribution < -0.4 is 14.8 Å². The highest BCUT2D eigenvalue weighted by molar-refractivity contribution is 9.10. The molecule has 1 N–H and O–H groups in total. The standard InChI is InChI=1S/C20H26BrN3O3S/c1-12-5-13(2)9-24(8-12)10-15-11-28-20(22-15)23-19(25)14-6-16(26-3)18(21)17(7-14)27-4/h6-7,11-13H,5,8-10H2,1-4H3,(H,22,23,25)/t12-,13+. The largest absolute Gasteiger partial charge is 0.495 e. The van der Waals surface area contributed by atoms with Crippen molar-refractivity contribution in [3.63, 3.8) is 0 Å². The first-order valence-corrected chi connectivity index (χ1v) is 11.0. The Morgan fingerprint density at radius 2 is 1.86 bits per heavy atom. The number of benzene rings is 1. The van der Waals surface area contributed by atoms with Crippen LogP contribution in [0.1, 0.15) is 36.3 Å². The highest BCUT2D eigenvalue weighted by atomic mass is 79.9. The molecule has 0 aliphatic carbocycles. The van der Waals surface area contributed by atoms with E-state index in [1.165, 1.54) is 17.8 Å². The Morgan fingerprint density at radius 3 is 2.43 bits per heavy atom. The molecular weight excluding hydrogens is 442 g/mol. The molecule has 0 spiro atoms. The van der Waals surface area contributed by atoms with Gasteiger partial charge in [-0.3, -0.25) is 15.0 Å². The van der Waals surface area contributed by atoms with E-state index in [9.17, 15) is 4.79 Å². The van der Waals surface area contributed by atoms with Gasteiger partial charge in [0.25, 0.3) is 5.91 Å². The third-order valence-electron chi connectivity index (χ3n) is 4.81. The third kappa shape index (κ3) is 5.04. The van der Waals surface area contributed by atoms with Crippen LogP contribution in [-0.4, -0.2) is 43.1 Å². The van der Waals surface area contributed by atoms with Gasteiger partial charge in [-0.05, 0) is 46.3 Å². The van der Waals surface area contributed by atoms with E-state index in [2.05, 4.69) is 45.0 Å². The van der Waals surface area contributed by atoms with Gasteiger partial charge < -0.3 is 9.47 Å². The number of amides is 1. The summed E-state index contributed by atoms with van der Waals surface area (Å²) in [4.78, 5) is 19.7. The molecule has 28 heavy (non-hydrogen) atoms. The Kier molecular flexibility index (Phi) is 6.95. The lowest BCUT2D eigenvalue weighted by molar-refractivity contribution is 0.102. The molecule has 1 saturated heterocycles. The van der Waals surface area contributed by atoms with E-state index < -0.39 is 0 Å². The molecule has 1 aromatic carbocycles. The van der Waals surface area contributed by atoms with Crippen LogP contribution in [0, 0.1) is 11.8 Å². The molecule has 2 atom stereocenters. The van der Waals surface area contributed by atoms with Crippen LogP contribution in [0.25, 0.3) is 0 Å². The highest BCUT2D eigenvalue weighted by Crippen LogP contribution is 2.36. The molecule has 8 heteroatoms. The van der Waals surface area contributed by atoms with Gasteiger partial charge in [0.2, 0.25) is 0 Å². The molecular formula is C20H26BrN3O3S. The van der Waals surface area contributed by atoms with Crippen molar-refractivity contribution in [2.45, 2.75) is 26.8 Å². The van der Waals surface area contributed by atoms with Crippen molar-refractivity contribution >= 4 is 38.3 Å². The molecule has 2 heterocycles. The van der Waals surface area contributed by atoms with Crippen LogP contribution in [0.3, 0.4) is 0 Å². The van der Waals surface area contributed by atoms with Gasteiger partial charge in [0.15, 0.2) is 5.13 Å². The number of anilines is 1. The summed E-state index contributed by atoms with van der Waals surface area (Å²) in [6, 6.07) is 3.35. The fourth-order valence-electron chi connectivity index (χ4n) is 3.76. The van der Waals surface area contributed by atoms with E-state index in [1.54, 1.807) is 26.4 Å². The van der Waals surface area contributed by atoms with E-state index in [4.69, 9.17) is 9.47 Å². The van der Waals surface area contributed by atoms with E-state index in [0.29, 0.717) is 38.5 Å². The van der Waals surface area contributed by atoms with Crippen LogP contribution in [0.2, 0.25) is 0 Å². The summed E-state index contributed by atoms with van der Waals surface area (Å²) in [7, 11) is 3.10. The van der Waals surface area contributed by atoms with Crippen molar-refractivity contribution in [3.8, 4) is 11.5 Å². The number of thiazole rings is 1. The molecule has 1 amide bonds. The summed E-state index contributed by atoms with van der Waals surface area (Å²) in [6.45, 7) is 7.62. The molecule has 1 fully saturated rings. The van der Waals surface area contributed by atoms with Crippen LogP contribution in [0.15, 0.2) is 22.0 Å². The van der Waals surface area contributed by atoms with Crippen molar-refractivity contribution in [1.82, 2.24) is 9.88 Å². The first-order chi connectivity index (χ1) is 13.4. The lowest BCUT2D eigenvalue weighted by Crippen LogP contribution is -2.38. The number of nitrogens with one attached hydrogen (secondary N) is 1. The predicted octanol–water partition coefficient (Wildman–Crippen LogP) is 4.65. The third-order valence-corrected chi connectivity index (χ3v) is 6.40. The van der Waals surface area contributed by atoms with Crippen molar-refractivity contribution in [3.05, 3.63) is 33.2 Å². The molecule has 152 valence electrons. The number of hydrogen-bond acceptors (Lipinski definition) is 6. The maximum atomic E-state index is 12.7. The number of halogens is 1. The molecule has 3 rings (SSSR count). The Morgan fingerprint density at radius 1 is 1.25 bits per heavy atom. The van der Waals surface area contributed by atoms with Crippen molar-refractivity contribution < 1.29 is 14.3 Å². The number of piperidine rings is 1. The molecule has 0 saturated carbocycles. The van der Waals surface area contributed by atoms with Gasteiger partial charge in [0, 0.05) is 30.6 Å². The zero-order chi connectivity index (χ0) is 20.3. The lowest BCUT2D eigenvalue weighted by Gasteiger charge is -2.34. The Labute approximate surface area is 178 Å². The predicted molar refractivity (Wildman–Crippen MR) is 116 cm³/mol. The second-order valence-electron chi connectivity index (χ2n) is 7.43. The molecule has 1 aromatic heterocycles. The fraction of sp³-hybridized carbons (Fsp3) is 0.500. The lowest BCUT2D eigenvalue weighted by atomic mass is 9.92. The fourth-order valence-corrected chi connectivity index (χ4v) is 5.01. The molecule has 2 aromatic rings. The molecule has 0 radical (unpaired) electrons. The molecule has 1 aliphatic heterocycles. The smallest absolute Gasteiger partial charge is 0.257 e. The van der Waals surface area contributed by atoms with Crippen LogP contribution in [0.4, 0.5) is 5.13 Å². The topological polar surface area (TPSA) is 63.7 Å². The van der Waals surface area contributed by atoms with Crippen molar-refractivity contribution in [1.29, 1.82) is 0 Å². The Hall–Kier alpha value is -1.64. The van der Waals surface area contributed by atoms with Gasteiger partial charge >= 0.3 is 0 Å². The summed E-state index contributed by atoms with van der Waals surface area (Å²) in [5, 5.41) is 5.49. The van der Waals surface area contributed by atoms with Gasteiger partial charge in [-0.15, -0.1) is 11.3 Å². The number of likely N-dealkylation sites (tertiary alicyclic amines) is 1. The van der Waals surface area contributed by atoms with Crippen molar-refractivity contribution in [2.24, 2.45) is 11.8 Å². The maximum Gasteiger partial charge on any atom is 0.257 e. The number of carbonyl (C=O) groups is 1. The first-order valence-electron chi connectivity index (χ1n) is 9.29. The molecule has 0 unspecified atom stereocenters. The monoisotopic (exact) mass is 467 g/mol. The number of ether oxygens (including phenoxy) is 2. The average molecular weight is 468 g/mol. The zero-order valence-corrected chi connectivity index (χ0v) is 19.0. The van der Waals surface area contributed by atoms with Crippen LogP contribution in [0.5, 0.6) is 11.5 Å². The van der Waals surface area contributed by atoms with Gasteiger partial charge in [-0.25, -0.2) is 4.98 Å². The van der Waals surface area contributed by atoms with Gasteiger partial charge in [0.1, 0.15) is 16.0 Å². The number of aromatic nitrogens is 1. The summed E-state index contributed by atoms with van der Waals surface area (Å²) < 4.78 is 11.3. The number of nitrogens with zero attached hydrogens (tertiary/aromatic N) is 2. The maximum absolute atomic E-state index is 12.7. The van der Waals surface area contributed by atoms with Gasteiger partial charge in [-0.1, -0.05) is 13.8 Å². The quantitative estimate of drug-likeness (QED) is 0.669. The second kappa shape index (κ2) is 9.24. The second-order valence-corrected chi connectivity index (χ2v) is 9.08. The number of carbonyl (C=O) groups excluding carboxylic acids is 1. The molecule has 0 bridgehead atoms. The summed E-state index contributed by atoms with van der Waals surface area (Å²) in [5.41, 5.74) is 1.44. The van der Waals surface area contributed by atoms with Gasteiger partial charge in [-0.2, -0.15) is 0 Å². The van der Waals surface area contributed by atoms with E-state index >= 15 is 0 Å². The Bertz CT molecular complexity index is 807. The average Bonchev–Trinajstić information content (AvgIpc) is 3.07. The van der Waals surface area contributed by atoms with E-state index in [0.717, 1.165) is 25.3 Å². The SMILES string of the molecule is COc1cc(C(=O)Nc2nc(CN3C[C@H](C)C[C@H](C)C3)cs2)cc(OC)c1Br. The molecule has 6 nitrogen and oxygen atoms in total. The molecule has 1 aliphatic rings. The number of hydrogen-bond donors (Lipinski definition) is 1. The Balaban J connectivity index is 1.67. The van der Waals surface area contributed by atoms with E-state index in [-0.39, 0.29) is 5.91 Å². The minimum absolute atomic E-state index is 0.245. The van der Waals surface area contributed by atoms with Crippen molar-refractivity contribution in [2.75, 3.05) is 32.6 Å². The van der Waals surface area contributed by atoms with Crippen LogP contribution in [-0.2, 0) is 6.54 Å². The summed E-state index contributed by atoms with van der Waals surface area (Å²) in [5.74, 6) is 2.26. The zero-order valence-electron chi connectivity index (χ0n) is 16.6. The summed E-state index contributed by atoms with van der Waals surface area (Å²) >= 11 is 4.86. The van der Waals surface area contributed by atoms with Crippen LogP contribution >= 0.6 is 27.3 Å². The first kappa shape index (κ1) is 21.1. The van der Waals surface area contributed by atoms with Gasteiger partial charge in [0.05, 0.1) is 19.9 Å². The minimum Gasteiger partial charge on any atom is -0.495 e. The summed E-state index contributed by atoms with van der Waals surface area (Å²) in [6.07, 6.45) is 1.29. The number of methoxy groups -OCH3 is 2. The van der Waals surface area contributed by atoms with E-state index in [1.807, 2.05) is 5.38 Å². The normalized spacial score (nSPS) is 20.0.